The van der Waals surface area contributed by atoms with E-state index in [1.54, 1.807) is 4.90 Å². The fraction of sp³-hybridized carbons (Fsp3) is 0.857. The molecule has 1 aliphatic heterocycles. The van der Waals surface area contributed by atoms with E-state index in [2.05, 4.69) is 17.6 Å². The number of hydrogen-bond donors (Lipinski definition) is 2. The van der Waals surface area contributed by atoms with E-state index in [9.17, 15) is 9.59 Å². The second kappa shape index (κ2) is 7.04. The van der Waals surface area contributed by atoms with Crippen LogP contribution in [0.5, 0.6) is 0 Å². The van der Waals surface area contributed by atoms with Crippen molar-refractivity contribution >= 4 is 11.8 Å². The van der Waals surface area contributed by atoms with Gasteiger partial charge in [0.2, 0.25) is 11.8 Å². The SMILES string of the molecule is CCC(C)NCC(=O)N1CCOCC1C(=O)NC1CC1. The number of hydrogen-bond acceptors (Lipinski definition) is 4. The molecule has 2 atom stereocenters. The first-order valence-electron chi connectivity index (χ1n) is 7.52. The molecule has 0 aromatic rings. The molecule has 20 heavy (non-hydrogen) atoms. The molecule has 2 N–H and O–H groups in total. The standard InChI is InChI=1S/C14H25N3O3/c1-3-10(2)15-8-13(18)17-6-7-20-9-12(17)14(19)16-11-4-5-11/h10-12,15H,3-9H2,1-2H3,(H,16,19). The molecule has 114 valence electrons. The molecular weight excluding hydrogens is 258 g/mol. The third kappa shape index (κ3) is 4.18. The van der Waals surface area contributed by atoms with Crippen molar-refractivity contribution in [2.75, 3.05) is 26.3 Å². The van der Waals surface area contributed by atoms with Crippen LogP contribution in [-0.2, 0) is 14.3 Å². The topological polar surface area (TPSA) is 70.7 Å². The first-order valence-corrected chi connectivity index (χ1v) is 7.52. The minimum absolute atomic E-state index is 0.0236. The number of carbonyl (C=O) groups excluding carboxylic acids is 2. The van der Waals surface area contributed by atoms with E-state index in [0.717, 1.165) is 19.3 Å². The van der Waals surface area contributed by atoms with Gasteiger partial charge in [-0.25, -0.2) is 0 Å². The molecule has 0 aromatic carbocycles. The second-order valence-corrected chi connectivity index (χ2v) is 5.65. The Hall–Kier alpha value is -1.14. The van der Waals surface area contributed by atoms with Crippen molar-refractivity contribution in [3.05, 3.63) is 0 Å². The summed E-state index contributed by atoms with van der Waals surface area (Å²) < 4.78 is 5.36. The Morgan fingerprint density at radius 3 is 2.80 bits per heavy atom. The highest BCUT2D eigenvalue weighted by atomic mass is 16.5. The third-order valence-electron chi connectivity index (χ3n) is 3.89. The average molecular weight is 283 g/mol. The first kappa shape index (κ1) is 15.3. The molecule has 1 aliphatic carbocycles. The van der Waals surface area contributed by atoms with Crippen molar-refractivity contribution in [3.8, 4) is 0 Å². The van der Waals surface area contributed by atoms with Crippen LogP contribution in [0.4, 0.5) is 0 Å². The molecule has 0 bridgehead atoms. The number of carbonyl (C=O) groups is 2. The number of rotatable bonds is 6. The van der Waals surface area contributed by atoms with Crippen LogP contribution in [0.15, 0.2) is 0 Å². The Morgan fingerprint density at radius 1 is 1.40 bits per heavy atom. The number of ether oxygens (including phenoxy) is 1. The normalized spacial score (nSPS) is 24.3. The zero-order valence-corrected chi connectivity index (χ0v) is 12.4. The summed E-state index contributed by atoms with van der Waals surface area (Å²) >= 11 is 0. The maximum Gasteiger partial charge on any atom is 0.245 e. The van der Waals surface area contributed by atoms with Gasteiger partial charge in [-0.1, -0.05) is 6.92 Å². The van der Waals surface area contributed by atoms with Gasteiger partial charge in [-0.15, -0.1) is 0 Å². The van der Waals surface area contributed by atoms with E-state index < -0.39 is 6.04 Å². The van der Waals surface area contributed by atoms with Gasteiger partial charge in [0.1, 0.15) is 6.04 Å². The lowest BCUT2D eigenvalue weighted by atomic mass is 10.2. The second-order valence-electron chi connectivity index (χ2n) is 5.65. The Kier molecular flexibility index (Phi) is 5.37. The van der Waals surface area contributed by atoms with Crippen molar-refractivity contribution in [2.24, 2.45) is 0 Å². The van der Waals surface area contributed by atoms with Crippen LogP contribution >= 0.6 is 0 Å². The lowest BCUT2D eigenvalue weighted by Crippen LogP contribution is -2.58. The highest BCUT2D eigenvalue weighted by Gasteiger charge is 2.35. The summed E-state index contributed by atoms with van der Waals surface area (Å²) in [6.07, 6.45) is 3.06. The minimum atomic E-state index is -0.476. The summed E-state index contributed by atoms with van der Waals surface area (Å²) in [7, 11) is 0. The summed E-state index contributed by atoms with van der Waals surface area (Å²) in [4.78, 5) is 26.1. The van der Waals surface area contributed by atoms with Crippen molar-refractivity contribution < 1.29 is 14.3 Å². The van der Waals surface area contributed by atoms with E-state index in [-0.39, 0.29) is 18.4 Å². The largest absolute Gasteiger partial charge is 0.377 e. The predicted octanol–water partition coefficient (Wildman–Crippen LogP) is -0.119. The molecule has 6 nitrogen and oxygen atoms in total. The van der Waals surface area contributed by atoms with Crippen molar-refractivity contribution in [1.29, 1.82) is 0 Å². The smallest absolute Gasteiger partial charge is 0.245 e. The van der Waals surface area contributed by atoms with Gasteiger partial charge in [-0.05, 0) is 26.2 Å². The van der Waals surface area contributed by atoms with Gasteiger partial charge in [0, 0.05) is 18.6 Å². The molecule has 2 unspecified atom stereocenters. The summed E-state index contributed by atoms with van der Waals surface area (Å²) in [5.74, 6) is -0.103. The van der Waals surface area contributed by atoms with Crippen molar-refractivity contribution in [3.63, 3.8) is 0 Å². The molecular formula is C14H25N3O3. The van der Waals surface area contributed by atoms with Crippen LogP contribution < -0.4 is 10.6 Å². The lowest BCUT2D eigenvalue weighted by molar-refractivity contribution is -0.148. The molecule has 1 saturated heterocycles. The highest BCUT2D eigenvalue weighted by Crippen LogP contribution is 2.19. The van der Waals surface area contributed by atoms with E-state index in [4.69, 9.17) is 4.74 Å². The molecule has 0 radical (unpaired) electrons. The van der Waals surface area contributed by atoms with Crippen molar-refractivity contribution in [2.45, 2.75) is 51.2 Å². The van der Waals surface area contributed by atoms with Gasteiger partial charge in [0.15, 0.2) is 0 Å². The molecule has 0 aromatic heterocycles. The van der Waals surface area contributed by atoms with Crippen LogP contribution in [0.1, 0.15) is 33.1 Å². The van der Waals surface area contributed by atoms with Crippen LogP contribution in [0.3, 0.4) is 0 Å². The number of nitrogens with zero attached hydrogens (tertiary/aromatic N) is 1. The summed E-state index contributed by atoms with van der Waals surface area (Å²) in [6, 6.07) is 0.133. The lowest BCUT2D eigenvalue weighted by Gasteiger charge is -2.35. The molecule has 6 heteroatoms. The Morgan fingerprint density at radius 2 is 2.15 bits per heavy atom. The fourth-order valence-electron chi connectivity index (χ4n) is 2.15. The van der Waals surface area contributed by atoms with Crippen LogP contribution in [0.2, 0.25) is 0 Å². The van der Waals surface area contributed by atoms with Gasteiger partial charge in [0.05, 0.1) is 19.8 Å². The molecule has 2 aliphatic rings. The van der Waals surface area contributed by atoms with E-state index in [1.807, 2.05) is 6.92 Å². The molecule has 2 amide bonds. The Labute approximate surface area is 120 Å². The Balaban J connectivity index is 1.87. The zero-order chi connectivity index (χ0) is 14.5. The van der Waals surface area contributed by atoms with Crippen LogP contribution in [-0.4, -0.2) is 61.1 Å². The molecule has 2 rings (SSSR count). The first-order chi connectivity index (χ1) is 9.61. The van der Waals surface area contributed by atoms with Gasteiger partial charge in [0.25, 0.3) is 0 Å². The molecule has 2 fully saturated rings. The third-order valence-corrected chi connectivity index (χ3v) is 3.89. The van der Waals surface area contributed by atoms with E-state index >= 15 is 0 Å². The number of morpholine rings is 1. The molecule has 0 spiro atoms. The minimum Gasteiger partial charge on any atom is -0.377 e. The fourth-order valence-corrected chi connectivity index (χ4v) is 2.15. The number of nitrogens with one attached hydrogen (secondary N) is 2. The van der Waals surface area contributed by atoms with E-state index in [0.29, 0.717) is 31.8 Å². The molecule has 1 saturated carbocycles. The summed E-state index contributed by atoms with van der Waals surface area (Å²) in [5.41, 5.74) is 0. The monoisotopic (exact) mass is 283 g/mol. The Bertz CT molecular complexity index is 358. The van der Waals surface area contributed by atoms with Gasteiger partial charge < -0.3 is 20.3 Å². The molecule has 1 heterocycles. The summed E-state index contributed by atoms with van der Waals surface area (Å²) in [5, 5.41) is 6.13. The average Bonchev–Trinajstić information content (AvgIpc) is 3.28. The van der Waals surface area contributed by atoms with Gasteiger partial charge in [-0.2, -0.15) is 0 Å². The quantitative estimate of drug-likeness (QED) is 0.713. The van der Waals surface area contributed by atoms with Crippen molar-refractivity contribution in [1.82, 2.24) is 15.5 Å². The maximum absolute atomic E-state index is 12.3. The van der Waals surface area contributed by atoms with Gasteiger partial charge in [-0.3, -0.25) is 9.59 Å². The highest BCUT2D eigenvalue weighted by molar-refractivity contribution is 5.89. The van der Waals surface area contributed by atoms with Gasteiger partial charge >= 0.3 is 0 Å². The predicted molar refractivity (Wildman–Crippen MR) is 75.2 cm³/mol. The zero-order valence-electron chi connectivity index (χ0n) is 12.4. The number of amides is 2. The summed E-state index contributed by atoms with van der Waals surface area (Å²) in [6.45, 7) is 5.69. The van der Waals surface area contributed by atoms with E-state index in [1.165, 1.54) is 0 Å². The van der Waals surface area contributed by atoms with Crippen LogP contribution in [0, 0.1) is 0 Å². The van der Waals surface area contributed by atoms with Crippen LogP contribution in [0.25, 0.3) is 0 Å². The maximum atomic E-state index is 12.3.